The van der Waals surface area contributed by atoms with Crippen molar-refractivity contribution in [1.82, 2.24) is 19.0 Å². The molecular formula is C29H34ClN5O5S. The summed E-state index contributed by atoms with van der Waals surface area (Å²) in [5.41, 5.74) is 1.50. The zero-order valence-electron chi connectivity index (χ0n) is 23.1. The molecule has 2 aliphatic heterocycles. The number of hydrogen-bond acceptors (Lipinski definition) is 7. The van der Waals surface area contributed by atoms with Gasteiger partial charge in [-0.2, -0.15) is 14.1 Å². The first-order valence-electron chi connectivity index (χ1n) is 13.7. The molecule has 0 radical (unpaired) electrons. The third-order valence-electron chi connectivity index (χ3n) is 7.48. The van der Waals surface area contributed by atoms with E-state index in [9.17, 15) is 18.0 Å². The van der Waals surface area contributed by atoms with Gasteiger partial charge < -0.3 is 14.5 Å². The topological polar surface area (TPSA) is 105 Å². The van der Waals surface area contributed by atoms with Crippen LogP contribution in [0.2, 0.25) is 5.02 Å². The number of anilines is 1. The van der Waals surface area contributed by atoms with E-state index in [1.165, 1.54) is 8.99 Å². The average Bonchev–Trinajstić information content (AvgIpc) is 3.43. The number of sulfonamides is 1. The number of carbonyl (C=O) groups is 1. The monoisotopic (exact) mass is 599 g/mol. The van der Waals surface area contributed by atoms with Gasteiger partial charge in [0.2, 0.25) is 21.7 Å². The second kappa shape index (κ2) is 12.2. The van der Waals surface area contributed by atoms with Gasteiger partial charge in [-0.15, -0.1) is 0 Å². The first-order chi connectivity index (χ1) is 19.6. The minimum absolute atomic E-state index is 0.0103. The number of piperazine rings is 1. The summed E-state index contributed by atoms with van der Waals surface area (Å²) in [7, 11) is -3.38. The van der Waals surface area contributed by atoms with Gasteiger partial charge in [-0.1, -0.05) is 48.0 Å². The molecule has 2 fully saturated rings. The molecule has 218 valence electrons. The number of nitrogens with zero attached hydrogens (tertiary/aromatic N) is 5. The van der Waals surface area contributed by atoms with E-state index in [4.69, 9.17) is 16.3 Å². The van der Waals surface area contributed by atoms with Crippen LogP contribution < -0.4 is 15.2 Å². The lowest BCUT2D eigenvalue weighted by Crippen LogP contribution is -2.50. The second-order valence-corrected chi connectivity index (χ2v) is 13.5. The van der Waals surface area contributed by atoms with Crippen molar-refractivity contribution in [3.63, 3.8) is 0 Å². The standard InChI is InChI=1S/C29H34ClN5O5S/c1-21(2)41(38,39)34-15-13-32(14-16-34)26-19-31-35(24-10-6-9-23(30)18-24)29(37)28(26)40-25-11-12-33(20-25)27(36)17-22-7-4-3-5-8-22/h3-10,18-19,21,25H,11-17,20H2,1-2H3. The molecule has 2 aromatic carbocycles. The molecule has 0 aliphatic carbocycles. The third kappa shape index (κ3) is 6.42. The summed E-state index contributed by atoms with van der Waals surface area (Å²) in [5, 5.41) is 4.37. The van der Waals surface area contributed by atoms with Crippen molar-refractivity contribution in [1.29, 1.82) is 0 Å². The lowest BCUT2D eigenvalue weighted by atomic mass is 10.1. The molecule has 0 saturated carbocycles. The Bertz CT molecular complexity index is 1560. The molecule has 5 rings (SSSR count). The predicted octanol–water partition coefficient (Wildman–Crippen LogP) is 2.97. The highest BCUT2D eigenvalue weighted by atomic mass is 35.5. The lowest BCUT2D eigenvalue weighted by molar-refractivity contribution is -0.129. The molecule has 0 bridgehead atoms. The van der Waals surface area contributed by atoms with Crippen molar-refractivity contribution in [2.45, 2.75) is 38.0 Å². The Balaban J connectivity index is 1.39. The van der Waals surface area contributed by atoms with Crippen LogP contribution in [0.4, 0.5) is 5.69 Å². The van der Waals surface area contributed by atoms with Gasteiger partial charge in [-0.25, -0.2) is 8.42 Å². The van der Waals surface area contributed by atoms with Crippen molar-refractivity contribution in [3.05, 3.63) is 81.7 Å². The molecule has 0 N–H and O–H groups in total. The molecule has 41 heavy (non-hydrogen) atoms. The number of rotatable bonds is 8. The average molecular weight is 600 g/mol. The van der Waals surface area contributed by atoms with E-state index in [1.807, 2.05) is 35.2 Å². The predicted molar refractivity (Wildman–Crippen MR) is 158 cm³/mol. The first-order valence-corrected chi connectivity index (χ1v) is 15.6. The van der Waals surface area contributed by atoms with Gasteiger partial charge in [0.15, 0.2) is 0 Å². The minimum Gasteiger partial charge on any atom is -0.481 e. The van der Waals surface area contributed by atoms with E-state index in [0.717, 1.165) is 5.56 Å². The summed E-state index contributed by atoms with van der Waals surface area (Å²) in [6.45, 7) is 5.60. The van der Waals surface area contributed by atoms with E-state index >= 15 is 0 Å². The summed E-state index contributed by atoms with van der Waals surface area (Å²) in [6, 6.07) is 16.4. The van der Waals surface area contributed by atoms with E-state index in [1.54, 1.807) is 49.2 Å². The molecule has 1 atom stereocenters. The second-order valence-electron chi connectivity index (χ2n) is 10.6. The maximum Gasteiger partial charge on any atom is 0.316 e. The number of hydrogen-bond donors (Lipinski definition) is 0. The van der Waals surface area contributed by atoms with Crippen LogP contribution >= 0.6 is 11.6 Å². The Morgan fingerprint density at radius 1 is 1.05 bits per heavy atom. The Morgan fingerprint density at radius 2 is 1.78 bits per heavy atom. The highest BCUT2D eigenvalue weighted by Crippen LogP contribution is 2.29. The molecule has 3 aromatic rings. The summed E-state index contributed by atoms with van der Waals surface area (Å²) >= 11 is 6.18. The van der Waals surface area contributed by atoms with Gasteiger partial charge >= 0.3 is 5.56 Å². The van der Waals surface area contributed by atoms with Gasteiger partial charge in [-0.05, 0) is 37.6 Å². The molecule has 3 heterocycles. The zero-order chi connectivity index (χ0) is 29.1. The maximum atomic E-state index is 13.8. The maximum absolute atomic E-state index is 13.8. The fourth-order valence-corrected chi connectivity index (χ4v) is 6.59. The normalized spacial score (nSPS) is 18.2. The van der Waals surface area contributed by atoms with Crippen molar-refractivity contribution >= 4 is 33.2 Å². The van der Waals surface area contributed by atoms with Crippen LogP contribution in [0.15, 0.2) is 65.6 Å². The number of carbonyl (C=O) groups excluding carboxylic acids is 1. The molecule has 1 unspecified atom stereocenters. The SMILES string of the molecule is CC(C)S(=O)(=O)N1CCN(c2cnn(-c3cccc(Cl)c3)c(=O)c2OC2CCN(C(=O)Cc3ccccc3)C2)CC1. The van der Waals surface area contributed by atoms with E-state index in [-0.39, 0.29) is 17.8 Å². The van der Waals surface area contributed by atoms with Crippen LogP contribution in [-0.4, -0.2) is 83.9 Å². The summed E-state index contributed by atoms with van der Waals surface area (Å²) < 4.78 is 34.5. The molecular weight excluding hydrogens is 566 g/mol. The summed E-state index contributed by atoms with van der Waals surface area (Å²) in [4.78, 5) is 30.5. The van der Waals surface area contributed by atoms with Crippen molar-refractivity contribution in [2.24, 2.45) is 0 Å². The van der Waals surface area contributed by atoms with Crippen LogP contribution in [-0.2, 0) is 21.2 Å². The van der Waals surface area contributed by atoms with Crippen LogP contribution in [0.5, 0.6) is 5.75 Å². The zero-order valence-corrected chi connectivity index (χ0v) is 24.7. The third-order valence-corrected chi connectivity index (χ3v) is 9.99. The number of amides is 1. The fraction of sp³-hybridized carbons (Fsp3) is 0.414. The quantitative estimate of drug-likeness (QED) is 0.392. The molecule has 0 spiro atoms. The molecule has 1 aromatic heterocycles. The largest absolute Gasteiger partial charge is 0.481 e. The molecule has 12 heteroatoms. The highest BCUT2D eigenvalue weighted by molar-refractivity contribution is 7.89. The summed E-state index contributed by atoms with van der Waals surface area (Å²) in [5.74, 6) is 0.138. The number of ether oxygens (including phenoxy) is 1. The first kappa shape index (κ1) is 29.1. The number of likely N-dealkylation sites (tertiary alicyclic amines) is 1. The van der Waals surface area contributed by atoms with Gasteiger partial charge in [-0.3, -0.25) is 9.59 Å². The van der Waals surface area contributed by atoms with Crippen LogP contribution in [0, 0.1) is 0 Å². The van der Waals surface area contributed by atoms with Crippen LogP contribution in [0.1, 0.15) is 25.8 Å². The highest BCUT2D eigenvalue weighted by Gasteiger charge is 2.33. The lowest BCUT2D eigenvalue weighted by Gasteiger charge is -2.36. The van der Waals surface area contributed by atoms with Crippen LogP contribution in [0.3, 0.4) is 0 Å². The Labute approximate surface area is 245 Å². The van der Waals surface area contributed by atoms with E-state index in [2.05, 4.69) is 5.10 Å². The Hall–Kier alpha value is -3.41. The van der Waals surface area contributed by atoms with Crippen LogP contribution in [0.25, 0.3) is 5.69 Å². The molecule has 2 saturated heterocycles. The van der Waals surface area contributed by atoms with Crippen molar-refractivity contribution < 1.29 is 17.9 Å². The summed E-state index contributed by atoms with van der Waals surface area (Å²) in [6.07, 6.45) is 2.09. The van der Waals surface area contributed by atoms with Crippen molar-refractivity contribution in [3.8, 4) is 11.4 Å². The van der Waals surface area contributed by atoms with Gasteiger partial charge in [0.05, 0.1) is 30.1 Å². The fourth-order valence-electron chi connectivity index (χ4n) is 5.14. The van der Waals surface area contributed by atoms with Crippen molar-refractivity contribution in [2.75, 3.05) is 44.2 Å². The Kier molecular flexibility index (Phi) is 8.67. The number of aromatic nitrogens is 2. The minimum atomic E-state index is -3.38. The van der Waals surface area contributed by atoms with E-state index in [0.29, 0.717) is 68.5 Å². The molecule has 1 amide bonds. The van der Waals surface area contributed by atoms with Gasteiger partial charge in [0.1, 0.15) is 11.8 Å². The van der Waals surface area contributed by atoms with Gasteiger partial charge in [0, 0.05) is 44.2 Å². The van der Waals surface area contributed by atoms with E-state index < -0.39 is 20.8 Å². The number of benzene rings is 2. The molecule has 2 aliphatic rings. The number of halogens is 1. The Morgan fingerprint density at radius 3 is 2.46 bits per heavy atom. The molecule has 10 nitrogen and oxygen atoms in total. The smallest absolute Gasteiger partial charge is 0.316 e. The van der Waals surface area contributed by atoms with Gasteiger partial charge in [0.25, 0.3) is 0 Å².